The van der Waals surface area contributed by atoms with Gasteiger partial charge >= 0.3 is 0 Å². The van der Waals surface area contributed by atoms with Crippen LogP contribution in [0.15, 0.2) is 18.3 Å². The summed E-state index contributed by atoms with van der Waals surface area (Å²) in [7, 11) is 0. The number of amides is 1. The lowest BCUT2D eigenvalue weighted by Gasteiger charge is -2.38. The molecule has 1 fully saturated rings. The molecule has 5 nitrogen and oxygen atoms in total. The van der Waals surface area contributed by atoms with Gasteiger partial charge in [-0.3, -0.25) is 4.79 Å². The zero-order valence-electron chi connectivity index (χ0n) is 11.4. The van der Waals surface area contributed by atoms with Crippen LogP contribution in [-0.2, 0) is 4.79 Å². The topological polar surface area (TPSA) is 79.5 Å². The van der Waals surface area contributed by atoms with Gasteiger partial charge in [0.1, 0.15) is 5.82 Å². The summed E-state index contributed by atoms with van der Waals surface area (Å²) in [6, 6.07) is 3.97. The molecule has 1 aromatic rings. The monoisotopic (exact) mass is 263 g/mol. The van der Waals surface area contributed by atoms with Crippen LogP contribution >= 0.6 is 0 Å². The number of carbonyl (C=O) groups excluding carboxylic acids is 1. The molecule has 1 aliphatic rings. The van der Waals surface area contributed by atoms with Crippen LogP contribution in [0.4, 0.5) is 5.82 Å². The summed E-state index contributed by atoms with van der Waals surface area (Å²) in [5.74, 6) is 0.363. The van der Waals surface area contributed by atoms with Crippen molar-refractivity contribution in [2.45, 2.75) is 38.8 Å². The van der Waals surface area contributed by atoms with E-state index in [9.17, 15) is 9.90 Å². The summed E-state index contributed by atoms with van der Waals surface area (Å²) in [6.07, 6.45) is 2.86. The summed E-state index contributed by atoms with van der Waals surface area (Å²) in [5, 5.41) is 9.84. The third-order valence-electron chi connectivity index (χ3n) is 3.82. The normalized spacial score (nSPS) is 25.1. The van der Waals surface area contributed by atoms with Crippen LogP contribution in [0.2, 0.25) is 0 Å². The van der Waals surface area contributed by atoms with Crippen molar-refractivity contribution in [1.29, 1.82) is 0 Å². The number of hydrogen-bond donors (Lipinski definition) is 2. The summed E-state index contributed by atoms with van der Waals surface area (Å²) >= 11 is 0. The Hall–Kier alpha value is -1.62. The van der Waals surface area contributed by atoms with Crippen LogP contribution in [0, 0.1) is 5.92 Å². The molecular weight excluding hydrogens is 242 g/mol. The van der Waals surface area contributed by atoms with Gasteiger partial charge in [0.15, 0.2) is 0 Å². The molecule has 104 valence electrons. The highest BCUT2D eigenvalue weighted by Gasteiger charge is 2.30. The molecule has 0 bridgehead atoms. The van der Waals surface area contributed by atoms with E-state index in [2.05, 4.69) is 16.8 Å². The number of aliphatic hydroxyl groups is 1. The van der Waals surface area contributed by atoms with Gasteiger partial charge in [-0.1, -0.05) is 6.07 Å². The molecule has 1 aromatic heterocycles. The molecule has 1 saturated heterocycles. The van der Waals surface area contributed by atoms with Crippen LogP contribution in [0.25, 0.3) is 0 Å². The van der Waals surface area contributed by atoms with Gasteiger partial charge in [0.25, 0.3) is 0 Å². The van der Waals surface area contributed by atoms with E-state index in [1.807, 2.05) is 12.1 Å². The summed E-state index contributed by atoms with van der Waals surface area (Å²) < 4.78 is 0. The molecule has 1 amide bonds. The van der Waals surface area contributed by atoms with Crippen molar-refractivity contribution >= 4 is 11.7 Å². The van der Waals surface area contributed by atoms with Crippen LogP contribution in [0.1, 0.15) is 38.4 Å². The van der Waals surface area contributed by atoms with Gasteiger partial charge in [-0.2, -0.15) is 0 Å². The Morgan fingerprint density at radius 2 is 2.32 bits per heavy atom. The van der Waals surface area contributed by atoms with Gasteiger partial charge in [0, 0.05) is 24.3 Å². The van der Waals surface area contributed by atoms with Crippen molar-refractivity contribution in [1.82, 2.24) is 4.98 Å². The van der Waals surface area contributed by atoms with E-state index in [1.165, 1.54) is 0 Å². The Morgan fingerprint density at radius 1 is 1.58 bits per heavy atom. The zero-order chi connectivity index (χ0) is 14.0. The Kier molecular flexibility index (Phi) is 4.04. The van der Waals surface area contributed by atoms with Gasteiger partial charge in [-0.05, 0) is 32.8 Å². The SMILES string of the molecule is CC1CCC(C(N)=O)CN1c1ncccc1[C@@H](C)O. The minimum absolute atomic E-state index is 0.139. The highest BCUT2D eigenvalue weighted by atomic mass is 16.3. The number of nitrogens with two attached hydrogens (primary N) is 1. The highest BCUT2D eigenvalue weighted by molar-refractivity contribution is 5.77. The zero-order valence-corrected chi connectivity index (χ0v) is 11.4. The average Bonchev–Trinajstić information content (AvgIpc) is 2.39. The Balaban J connectivity index is 2.31. The fourth-order valence-corrected chi connectivity index (χ4v) is 2.61. The van der Waals surface area contributed by atoms with Crippen molar-refractivity contribution in [2.24, 2.45) is 11.7 Å². The highest BCUT2D eigenvalue weighted by Crippen LogP contribution is 2.31. The molecule has 0 aliphatic carbocycles. The van der Waals surface area contributed by atoms with Crippen LogP contribution in [-0.4, -0.2) is 28.6 Å². The van der Waals surface area contributed by atoms with E-state index in [0.29, 0.717) is 12.6 Å². The van der Waals surface area contributed by atoms with E-state index >= 15 is 0 Å². The summed E-state index contributed by atoms with van der Waals surface area (Å²) in [5.41, 5.74) is 6.21. The predicted molar refractivity (Wildman–Crippen MR) is 73.6 cm³/mol. The minimum atomic E-state index is -0.579. The minimum Gasteiger partial charge on any atom is -0.389 e. The van der Waals surface area contributed by atoms with E-state index in [-0.39, 0.29) is 11.8 Å². The first-order valence-electron chi connectivity index (χ1n) is 6.69. The number of rotatable bonds is 3. The number of nitrogens with zero attached hydrogens (tertiary/aromatic N) is 2. The Bertz CT molecular complexity index is 462. The molecule has 5 heteroatoms. The predicted octanol–water partition coefficient (Wildman–Crippen LogP) is 1.23. The van der Waals surface area contributed by atoms with Crippen LogP contribution < -0.4 is 10.6 Å². The standard InChI is InChI=1S/C14H21N3O2/c1-9-5-6-11(13(15)19)8-17(9)14-12(10(2)18)4-3-7-16-14/h3-4,7,9-11,18H,5-6,8H2,1-2H3,(H2,15,19)/t9?,10-,11?/m1/s1. The lowest BCUT2D eigenvalue weighted by molar-refractivity contribution is -0.122. The van der Waals surface area contributed by atoms with Crippen molar-refractivity contribution in [3.8, 4) is 0 Å². The number of anilines is 1. The third-order valence-corrected chi connectivity index (χ3v) is 3.82. The van der Waals surface area contributed by atoms with E-state index < -0.39 is 6.10 Å². The summed E-state index contributed by atoms with van der Waals surface area (Å²) in [4.78, 5) is 17.8. The number of hydrogen-bond acceptors (Lipinski definition) is 4. The Labute approximate surface area is 113 Å². The van der Waals surface area contributed by atoms with Crippen molar-refractivity contribution in [2.75, 3.05) is 11.4 Å². The number of primary amides is 1. The van der Waals surface area contributed by atoms with Gasteiger partial charge in [-0.25, -0.2) is 4.98 Å². The van der Waals surface area contributed by atoms with Crippen molar-refractivity contribution in [3.05, 3.63) is 23.9 Å². The van der Waals surface area contributed by atoms with Gasteiger partial charge in [0.05, 0.1) is 12.0 Å². The van der Waals surface area contributed by atoms with Crippen LogP contribution in [0.5, 0.6) is 0 Å². The third kappa shape index (κ3) is 2.87. The molecule has 0 aromatic carbocycles. The fraction of sp³-hybridized carbons (Fsp3) is 0.571. The number of aliphatic hydroxyl groups excluding tert-OH is 1. The maximum atomic E-state index is 11.4. The molecule has 2 heterocycles. The Morgan fingerprint density at radius 3 is 2.95 bits per heavy atom. The largest absolute Gasteiger partial charge is 0.389 e. The van der Waals surface area contributed by atoms with Crippen LogP contribution in [0.3, 0.4) is 0 Å². The second kappa shape index (κ2) is 5.57. The number of piperidine rings is 1. The van der Waals surface area contributed by atoms with E-state index in [4.69, 9.17) is 5.73 Å². The number of pyridine rings is 1. The molecular formula is C14H21N3O2. The van der Waals surface area contributed by atoms with Gasteiger partial charge in [-0.15, -0.1) is 0 Å². The molecule has 0 radical (unpaired) electrons. The average molecular weight is 263 g/mol. The number of aromatic nitrogens is 1. The second-order valence-electron chi connectivity index (χ2n) is 5.27. The first-order chi connectivity index (χ1) is 9.00. The lowest BCUT2D eigenvalue weighted by atomic mass is 9.92. The molecule has 2 unspecified atom stereocenters. The van der Waals surface area contributed by atoms with E-state index in [1.54, 1.807) is 13.1 Å². The molecule has 0 saturated carbocycles. The molecule has 0 spiro atoms. The first kappa shape index (κ1) is 13.8. The van der Waals surface area contributed by atoms with Gasteiger partial charge in [0.2, 0.25) is 5.91 Å². The first-order valence-corrected chi connectivity index (χ1v) is 6.69. The van der Waals surface area contributed by atoms with Gasteiger partial charge < -0.3 is 15.7 Å². The molecule has 1 aliphatic heterocycles. The maximum absolute atomic E-state index is 11.4. The smallest absolute Gasteiger partial charge is 0.222 e. The second-order valence-corrected chi connectivity index (χ2v) is 5.27. The fourth-order valence-electron chi connectivity index (χ4n) is 2.61. The summed E-state index contributed by atoms with van der Waals surface area (Å²) in [6.45, 7) is 4.41. The lowest BCUT2D eigenvalue weighted by Crippen LogP contribution is -2.46. The quantitative estimate of drug-likeness (QED) is 0.859. The maximum Gasteiger partial charge on any atom is 0.222 e. The van der Waals surface area contributed by atoms with E-state index in [0.717, 1.165) is 24.2 Å². The molecule has 3 atom stereocenters. The van der Waals surface area contributed by atoms with Crippen molar-refractivity contribution < 1.29 is 9.90 Å². The molecule has 19 heavy (non-hydrogen) atoms. The number of carbonyl (C=O) groups is 1. The molecule has 3 N–H and O–H groups in total. The molecule has 2 rings (SSSR count). The van der Waals surface area contributed by atoms with Crippen molar-refractivity contribution in [3.63, 3.8) is 0 Å².